The van der Waals surface area contributed by atoms with Crippen LogP contribution >= 0.6 is 12.4 Å². The van der Waals surface area contributed by atoms with Gasteiger partial charge in [0.2, 0.25) is 0 Å². The van der Waals surface area contributed by atoms with Crippen LogP contribution in [0.4, 0.5) is 0 Å². The summed E-state index contributed by atoms with van der Waals surface area (Å²) in [6.45, 7) is 5.35. The van der Waals surface area contributed by atoms with Gasteiger partial charge in [-0.3, -0.25) is 0 Å². The molecule has 0 unspecified atom stereocenters. The van der Waals surface area contributed by atoms with Gasteiger partial charge >= 0.3 is 0 Å². The smallest absolute Gasteiger partial charge is 0.282 e. The Morgan fingerprint density at radius 1 is 1.20 bits per heavy atom. The average Bonchev–Trinajstić information content (AvgIpc) is 2.46. The Hall–Kier alpha value is -0.660. The van der Waals surface area contributed by atoms with Crippen LogP contribution in [-0.2, 0) is 16.8 Å². The number of halogens is 1. The van der Waals surface area contributed by atoms with Crippen molar-refractivity contribution >= 4 is 22.6 Å². The van der Waals surface area contributed by atoms with Crippen molar-refractivity contribution < 1.29 is 8.42 Å². The fourth-order valence-electron chi connectivity index (χ4n) is 2.18. The van der Waals surface area contributed by atoms with Crippen LogP contribution in [0.2, 0.25) is 0 Å². The molecule has 1 aromatic carbocycles. The van der Waals surface area contributed by atoms with Crippen LogP contribution in [0, 0.1) is 0 Å². The molecule has 5 nitrogen and oxygen atoms in total. The number of hydrogen-bond acceptors (Lipinski definition) is 3. The molecule has 20 heavy (non-hydrogen) atoms. The van der Waals surface area contributed by atoms with Crippen molar-refractivity contribution in [1.82, 2.24) is 13.9 Å². The van der Waals surface area contributed by atoms with E-state index in [2.05, 4.69) is 5.32 Å². The molecule has 0 saturated carbocycles. The first-order chi connectivity index (χ1) is 9.14. The van der Waals surface area contributed by atoms with Gasteiger partial charge in [0.15, 0.2) is 0 Å². The van der Waals surface area contributed by atoms with Crippen LogP contribution < -0.4 is 5.32 Å². The number of piperazine rings is 1. The molecule has 1 aliphatic rings. The molecule has 0 atom stereocenters. The lowest BCUT2D eigenvalue weighted by molar-refractivity contribution is 0.312. The molecule has 0 aliphatic carbocycles. The third-order valence-electron chi connectivity index (χ3n) is 3.28. The minimum absolute atomic E-state index is 0. The molecule has 7 heteroatoms. The first-order valence-corrected chi connectivity index (χ1v) is 8.04. The predicted octanol–water partition coefficient (Wildman–Crippen LogP) is 1.08. The van der Waals surface area contributed by atoms with E-state index in [0.717, 1.165) is 18.7 Å². The average molecular weight is 320 g/mol. The van der Waals surface area contributed by atoms with Crippen LogP contribution in [0.15, 0.2) is 30.3 Å². The van der Waals surface area contributed by atoms with E-state index in [4.69, 9.17) is 0 Å². The molecule has 0 bridgehead atoms. The Morgan fingerprint density at radius 3 is 2.35 bits per heavy atom. The third-order valence-corrected chi connectivity index (χ3v) is 5.34. The molecule has 0 spiro atoms. The molecule has 0 aromatic heterocycles. The molecule has 1 N–H and O–H groups in total. The number of benzene rings is 1. The minimum atomic E-state index is -3.35. The molecular formula is C13H22ClN3O2S. The van der Waals surface area contributed by atoms with Gasteiger partial charge in [0.05, 0.1) is 0 Å². The minimum Gasteiger partial charge on any atom is -0.314 e. The van der Waals surface area contributed by atoms with E-state index < -0.39 is 10.2 Å². The van der Waals surface area contributed by atoms with Gasteiger partial charge in [0.1, 0.15) is 0 Å². The summed E-state index contributed by atoms with van der Waals surface area (Å²) in [6, 6.07) is 9.71. The van der Waals surface area contributed by atoms with Gasteiger partial charge in [-0.1, -0.05) is 37.3 Å². The zero-order valence-corrected chi connectivity index (χ0v) is 13.3. The summed E-state index contributed by atoms with van der Waals surface area (Å²) in [7, 11) is -3.35. The molecule has 0 amide bonds. The van der Waals surface area contributed by atoms with E-state index >= 15 is 0 Å². The summed E-state index contributed by atoms with van der Waals surface area (Å²) >= 11 is 0. The van der Waals surface area contributed by atoms with E-state index in [9.17, 15) is 8.42 Å². The molecule has 2 rings (SSSR count). The Kier molecular flexibility index (Phi) is 6.91. The molecule has 1 heterocycles. The summed E-state index contributed by atoms with van der Waals surface area (Å²) in [4.78, 5) is 0. The Morgan fingerprint density at radius 2 is 1.80 bits per heavy atom. The number of nitrogens with one attached hydrogen (secondary N) is 1. The second-order valence-corrected chi connectivity index (χ2v) is 6.50. The van der Waals surface area contributed by atoms with Crippen LogP contribution in [0.25, 0.3) is 0 Å². The van der Waals surface area contributed by atoms with Crippen molar-refractivity contribution in [2.75, 3.05) is 32.7 Å². The highest BCUT2D eigenvalue weighted by Crippen LogP contribution is 2.13. The van der Waals surface area contributed by atoms with Crippen molar-refractivity contribution in [3.05, 3.63) is 35.9 Å². The maximum Gasteiger partial charge on any atom is 0.282 e. The van der Waals surface area contributed by atoms with Gasteiger partial charge in [-0.25, -0.2) is 0 Å². The van der Waals surface area contributed by atoms with E-state index in [1.54, 1.807) is 4.31 Å². The predicted molar refractivity (Wildman–Crippen MR) is 83.1 cm³/mol. The second kappa shape index (κ2) is 7.95. The highest BCUT2D eigenvalue weighted by molar-refractivity contribution is 7.86. The summed E-state index contributed by atoms with van der Waals surface area (Å²) in [5, 5.41) is 3.17. The van der Waals surface area contributed by atoms with E-state index in [1.807, 2.05) is 37.3 Å². The number of hydrogen-bond donors (Lipinski definition) is 1. The summed E-state index contributed by atoms with van der Waals surface area (Å²) in [5.74, 6) is 0. The highest BCUT2D eigenvalue weighted by Gasteiger charge is 2.29. The van der Waals surface area contributed by atoms with Gasteiger partial charge in [-0.2, -0.15) is 17.0 Å². The molecule has 0 radical (unpaired) electrons. The molecule has 1 aromatic rings. The SMILES string of the molecule is CCN(Cc1ccccc1)S(=O)(=O)N1CCNCC1.Cl. The van der Waals surface area contributed by atoms with Crippen molar-refractivity contribution in [3.8, 4) is 0 Å². The molecule has 1 aliphatic heterocycles. The molecule has 114 valence electrons. The summed E-state index contributed by atoms with van der Waals surface area (Å²) < 4.78 is 28.2. The maximum atomic E-state index is 12.5. The van der Waals surface area contributed by atoms with Gasteiger partial charge in [0, 0.05) is 39.3 Å². The van der Waals surface area contributed by atoms with Gasteiger partial charge in [-0.15, -0.1) is 12.4 Å². The van der Waals surface area contributed by atoms with E-state index in [1.165, 1.54) is 4.31 Å². The first kappa shape index (κ1) is 17.4. The van der Waals surface area contributed by atoms with E-state index in [0.29, 0.717) is 26.2 Å². The lowest BCUT2D eigenvalue weighted by Crippen LogP contribution is -2.51. The monoisotopic (exact) mass is 319 g/mol. The second-order valence-electron chi connectivity index (χ2n) is 4.57. The van der Waals surface area contributed by atoms with Gasteiger partial charge < -0.3 is 5.32 Å². The van der Waals surface area contributed by atoms with Crippen LogP contribution in [0.1, 0.15) is 12.5 Å². The molecule has 1 fully saturated rings. The van der Waals surface area contributed by atoms with E-state index in [-0.39, 0.29) is 12.4 Å². The molecular weight excluding hydrogens is 298 g/mol. The zero-order chi connectivity index (χ0) is 13.7. The first-order valence-electron chi connectivity index (χ1n) is 6.64. The largest absolute Gasteiger partial charge is 0.314 e. The third kappa shape index (κ3) is 4.17. The van der Waals surface area contributed by atoms with Crippen LogP contribution in [0.5, 0.6) is 0 Å². The summed E-state index contributed by atoms with van der Waals surface area (Å²) in [6.07, 6.45) is 0. The topological polar surface area (TPSA) is 52.7 Å². The van der Waals surface area contributed by atoms with Crippen molar-refractivity contribution in [3.63, 3.8) is 0 Å². The number of rotatable bonds is 5. The van der Waals surface area contributed by atoms with Crippen molar-refractivity contribution in [1.29, 1.82) is 0 Å². The zero-order valence-electron chi connectivity index (χ0n) is 11.7. The van der Waals surface area contributed by atoms with Crippen molar-refractivity contribution in [2.24, 2.45) is 0 Å². The Bertz CT molecular complexity index is 490. The standard InChI is InChI=1S/C13H21N3O2S.ClH/c1-2-15(12-13-6-4-3-5-7-13)19(17,18)16-10-8-14-9-11-16;/h3-7,14H,2,8-12H2,1H3;1H. The van der Waals surface area contributed by atoms with Crippen molar-refractivity contribution in [2.45, 2.75) is 13.5 Å². The quantitative estimate of drug-likeness (QED) is 0.883. The normalized spacial score (nSPS) is 16.9. The maximum absolute atomic E-state index is 12.5. The molecule has 1 saturated heterocycles. The van der Waals surface area contributed by atoms with Gasteiger partial charge in [-0.05, 0) is 5.56 Å². The van der Waals surface area contributed by atoms with Crippen LogP contribution in [-0.4, -0.2) is 49.8 Å². The Balaban J connectivity index is 0.00000200. The lowest BCUT2D eigenvalue weighted by atomic mass is 10.2. The fraction of sp³-hybridized carbons (Fsp3) is 0.538. The summed E-state index contributed by atoms with van der Waals surface area (Å²) in [5.41, 5.74) is 1.02. The fourth-order valence-corrected chi connectivity index (χ4v) is 3.79. The van der Waals surface area contributed by atoms with Crippen LogP contribution in [0.3, 0.4) is 0 Å². The highest BCUT2D eigenvalue weighted by atomic mass is 35.5. The lowest BCUT2D eigenvalue weighted by Gasteiger charge is -2.32. The number of nitrogens with zero attached hydrogens (tertiary/aromatic N) is 2. The Labute approximate surface area is 127 Å². The van der Waals surface area contributed by atoms with Gasteiger partial charge in [0.25, 0.3) is 10.2 Å².